The van der Waals surface area contributed by atoms with E-state index in [0.717, 1.165) is 16.7 Å². The van der Waals surface area contributed by atoms with Crippen LogP contribution in [-0.4, -0.2) is 10.9 Å². The molecule has 3 N–H and O–H groups in total. The van der Waals surface area contributed by atoms with Crippen molar-refractivity contribution in [3.8, 4) is 5.75 Å². The van der Waals surface area contributed by atoms with Gasteiger partial charge in [-0.15, -0.1) is 0 Å². The van der Waals surface area contributed by atoms with Gasteiger partial charge in [-0.25, -0.2) is 4.79 Å². The summed E-state index contributed by atoms with van der Waals surface area (Å²) in [6.45, 7) is 1.89. The van der Waals surface area contributed by atoms with Gasteiger partial charge in [0.2, 0.25) is 0 Å². The molecule has 0 saturated heterocycles. The molecule has 0 radical (unpaired) electrons. The molecule has 0 amide bonds. The number of amidine groups is 1. The summed E-state index contributed by atoms with van der Waals surface area (Å²) in [7, 11) is 0. The van der Waals surface area contributed by atoms with Crippen molar-refractivity contribution in [2.24, 2.45) is 10.7 Å². The van der Waals surface area contributed by atoms with Gasteiger partial charge in [-0.3, -0.25) is 4.99 Å². The Labute approximate surface area is 131 Å². The van der Waals surface area contributed by atoms with E-state index in [-0.39, 0.29) is 11.3 Å². The van der Waals surface area contributed by atoms with E-state index in [0.29, 0.717) is 16.8 Å². The summed E-state index contributed by atoms with van der Waals surface area (Å²) < 4.78 is 5.39. The first kappa shape index (κ1) is 13.6. The maximum absolute atomic E-state index is 12.4. The minimum absolute atomic E-state index is 0.102. The first-order valence-corrected chi connectivity index (χ1v) is 7.25. The van der Waals surface area contributed by atoms with Crippen LogP contribution in [0.1, 0.15) is 28.3 Å². The normalized spacial score (nSPS) is 16.4. The van der Waals surface area contributed by atoms with Crippen LogP contribution in [-0.2, 0) is 0 Å². The zero-order valence-corrected chi connectivity index (χ0v) is 12.4. The molecular weight excluding hydrogens is 292 g/mol. The average Bonchev–Trinajstić information content (AvgIpc) is 2.84. The SMILES string of the molecule is Cc1ccc2c(O)c(C3N=C(N)c4ccccc43)c(=O)oc2c1. The standard InChI is InChI=1S/C18H14N2O3/c1-9-6-7-12-13(8-9)23-18(22)14(16(12)21)15-10-4-2-3-5-11(10)17(19)20-15/h2-8,15,21H,1H3,(H2,19,20). The Morgan fingerprint density at radius 3 is 2.83 bits per heavy atom. The number of hydrogen-bond acceptors (Lipinski definition) is 5. The maximum atomic E-state index is 12.4. The number of hydrogen-bond donors (Lipinski definition) is 2. The monoisotopic (exact) mass is 306 g/mol. The number of fused-ring (bicyclic) bond motifs is 2. The molecule has 114 valence electrons. The van der Waals surface area contributed by atoms with Gasteiger partial charge < -0.3 is 15.3 Å². The number of aliphatic imine (C=N–C) groups is 1. The number of aryl methyl sites for hydroxylation is 1. The van der Waals surface area contributed by atoms with Gasteiger partial charge in [-0.05, 0) is 30.2 Å². The molecule has 3 aromatic rings. The smallest absolute Gasteiger partial charge is 0.345 e. The Balaban J connectivity index is 2.01. The van der Waals surface area contributed by atoms with E-state index >= 15 is 0 Å². The molecule has 2 aromatic carbocycles. The van der Waals surface area contributed by atoms with E-state index in [1.54, 1.807) is 12.1 Å². The first-order chi connectivity index (χ1) is 11.1. The lowest BCUT2D eigenvalue weighted by Gasteiger charge is -2.12. The quantitative estimate of drug-likeness (QED) is 0.676. The predicted octanol–water partition coefficient (Wildman–Crippen LogP) is 2.62. The van der Waals surface area contributed by atoms with E-state index < -0.39 is 11.7 Å². The molecule has 0 fully saturated rings. The fourth-order valence-corrected chi connectivity index (χ4v) is 3.01. The zero-order valence-electron chi connectivity index (χ0n) is 12.4. The lowest BCUT2D eigenvalue weighted by Crippen LogP contribution is -2.12. The highest BCUT2D eigenvalue weighted by Gasteiger charge is 2.30. The molecule has 0 bridgehead atoms. The molecule has 1 aliphatic rings. The van der Waals surface area contributed by atoms with E-state index in [2.05, 4.69) is 4.99 Å². The molecule has 0 aliphatic carbocycles. The van der Waals surface area contributed by atoms with Gasteiger partial charge >= 0.3 is 5.63 Å². The van der Waals surface area contributed by atoms with E-state index in [1.165, 1.54) is 0 Å². The van der Waals surface area contributed by atoms with Crippen molar-refractivity contribution in [1.29, 1.82) is 0 Å². The maximum Gasteiger partial charge on any atom is 0.345 e. The van der Waals surface area contributed by atoms with Gasteiger partial charge in [0.05, 0.1) is 5.39 Å². The molecule has 5 nitrogen and oxygen atoms in total. The van der Waals surface area contributed by atoms with Crippen molar-refractivity contribution < 1.29 is 9.52 Å². The number of aromatic hydroxyl groups is 1. The van der Waals surface area contributed by atoms with Crippen LogP contribution in [0.2, 0.25) is 0 Å². The van der Waals surface area contributed by atoms with Crippen LogP contribution in [0.3, 0.4) is 0 Å². The summed E-state index contributed by atoms with van der Waals surface area (Å²) in [5.41, 5.74) is 8.34. The van der Waals surface area contributed by atoms with Gasteiger partial charge in [-0.1, -0.05) is 30.3 Å². The number of nitrogens with zero attached hydrogens (tertiary/aromatic N) is 1. The van der Waals surface area contributed by atoms with Crippen molar-refractivity contribution in [3.63, 3.8) is 0 Å². The molecule has 2 heterocycles. The third kappa shape index (κ3) is 1.93. The van der Waals surface area contributed by atoms with Crippen LogP contribution < -0.4 is 11.4 Å². The third-order valence-electron chi connectivity index (χ3n) is 4.14. The molecule has 0 saturated carbocycles. The van der Waals surface area contributed by atoms with Crippen LogP contribution in [0.15, 0.2) is 56.7 Å². The van der Waals surface area contributed by atoms with Gasteiger partial charge in [0, 0.05) is 5.56 Å². The highest BCUT2D eigenvalue weighted by Crippen LogP contribution is 2.39. The molecule has 1 aliphatic heterocycles. The summed E-state index contributed by atoms with van der Waals surface area (Å²) in [4.78, 5) is 16.8. The zero-order chi connectivity index (χ0) is 16.1. The van der Waals surface area contributed by atoms with Gasteiger partial charge in [0.25, 0.3) is 0 Å². The second-order valence-electron chi connectivity index (χ2n) is 5.66. The van der Waals surface area contributed by atoms with E-state index in [9.17, 15) is 9.90 Å². The number of rotatable bonds is 1. The summed E-state index contributed by atoms with van der Waals surface area (Å²) in [6, 6.07) is 12.1. The Morgan fingerprint density at radius 1 is 1.22 bits per heavy atom. The van der Waals surface area contributed by atoms with Crippen molar-refractivity contribution in [3.05, 3.63) is 75.1 Å². The number of nitrogens with two attached hydrogens (primary N) is 1. The third-order valence-corrected chi connectivity index (χ3v) is 4.14. The summed E-state index contributed by atoms with van der Waals surface area (Å²) in [5, 5.41) is 11.1. The van der Waals surface area contributed by atoms with Crippen LogP contribution in [0.5, 0.6) is 5.75 Å². The fraction of sp³-hybridized carbons (Fsp3) is 0.111. The summed E-state index contributed by atoms with van der Waals surface area (Å²) in [6.07, 6.45) is 0. The lowest BCUT2D eigenvalue weighted by molar-refractivity contribution is 0.453. The molecular formula is C18H14N2O3. The van der Waals surface area contributed by atoms with E-state index in [4.69, 9.17) is 10.2 Å². The van der Waals surface area contributed by atoms with Crippen molar-refractivity contribution in [2.45, 2.75) is 13.0 Å². The van der Waals surface area contributed by atoms with Crippen LogP contribution >= 0.6 is 0 Å². The molecule has 23 heavy (non-hydrogen) atoms. The Hall–Kier alpha value is -3.08. The molecule has 1 atom stereocenters. The topological polar surface area (TPSA) is 88.8 Å². The van der Waals surface area contributed by atoms with Gasteiger partial charge in [0.15, 0.2) is 0 Å². The summed E-state index contributed by atoms with van der Waals surface area (Å²) in [5.74, 6) is 0.253. The van der Waals surface area contributed by atoms with Crippen LogP contribution in [0, 0.1) is 6.92 Å². The van der Waals surface area contributed by atoms with Gasteiger partial charge in [0.1, 0.15) is 28.8 Å². The van der Waals surface area contributed by atoms with Crippen molar-refractivity contribution in [2.75, 3.05) is 0 Å². The number of benzene rings is 2. The Bertz CT molecular complexity index is 1030. The average molecular weight is 306 g/mol. The molecule has 1 aromatic heterocycles. The first-order valence-electron chi connectivity index (χ1n) is 7.25. The second-order valence-corrected chi connectivity index (χ2v) is 5.66. The van der Waals surface area contributed by atoms with Crippen molar-refractivity contribution in [1.82, 2.24) is 0 Å². The van der Waals surface area contributed by atoms with Crippen molar-refractivity contribution >= 4 is 16.8 Å². The Kier molecular flexibility index (Phi) is 2.78. The molecule has 5 heteroatoms. The molecule has 0 spiro atoms. The highest BCUT2D eigenvalue weighted by molar-refractivity contribution is 6.02. The van der Waals surface area contributed by atoms with Crippen LogP contribution in [0.25, 0.3) is 11.0 Å². The predicted molar refractivity (Wildman–Crippen MR) is 87.9 cm³/mol. The minimum atomic E-state index is -0.645. The molecule has 4 rings (SSSR count). The second kappa shape index (κ2) is 4.71. The molecule has 1 unspecified atom stereocenters. The highest BCUT2D eigenvalue weighted by atomic mass is 16.4. The van der Waals surface area contributed by atoms with E-state index in [1.807, 2.05) is 37.3 Å². The van der Waals surface area contributed by atoms with Gasteiger partial charge in [-0.2, -0.15) is 0 Å². The summed E-state index contributed by atoms with van der Waals surface area (Å²) >= 11 is 0. The largest absolute Gasteiger partial charge is 0.507 e. The Morgan fingerprint density at radius 2 is 2.00 bits per heavy atom. The fourth-order valence-electron chi connectivity index (χ4n) is 3.01. The lowest BCUT2D eigenvalue weighted by atomic mass is 9.97. The van der Waals surface area contributed by atoms with Crippen LogP contribution in [0.4, 0.5) is 0 Å². The minimum Gasteiger partial charge on any atom is -0.507 e.